The lowest BCUT2D eigenvalue weighted by Crippen LogP contribution is -2.69. The van der Waals surface area contributed by atoms with Gasteiger partial charge in [-0.25, -0.2) is 4.39 Å². The Kier molecular flexibility index (Phi) is 7.24. The molecule has 0 radical (unpaired) electrons. The molecule has 1 aliphatic carbocycles. The zero-order valence-corrected chi connectivity index (χ0v) is 17.9. The summed E-state index contributed by atoms with van der Waals surface area (Å²) in [4.78, 5) is 4.53. The second-order valence-corrected chi connectivity index (χ2v) is 9.88. The van der Waals surface area contributed by atoms with Crippen molar-refractivity contribution in [1.82, 2.24) is 25.8 Å². The standard InChI is InChI=1S/C21H37F4N5/c1-29-10-8-14(12-29)11-26-19-18(22)20(28-13-27-19)30-9-2-3-17(30)15-4-6-16(7-5-15)21(23,24)25/h14-20,26-28H,2-13H2,1H3. The average molecular weight is 436 g/mol. The number of halogens is 4. The molecule has 4 fully saturated rings. The number of hydrogen-bond donors (Lipinski definition) is 3. The van der Waals surface area contributed by atoms with E-state index in [2.05, 4.69) is 32.8 Å². The molecule has 0 aromatic carbocycles. The van der Waals surface area contributed by atoms with Crippen LogP contribution in [0.4, 0.5) is 17.6 Å². The summed E-state index contributed by atoms with van der Waals surface area (Å²) < 4.78 is 54.6. The summed E-state index contributed by atoms with van der Waals surface area (Å²) in [5, 5.41) is 9.90. The van der Waals surface area contributed by atoms with E-state index >= 15 is 4.39 Å². The van der Waals surface area contributed by atoms with Crippen molar-refractivity contribution in [2.45, 2.75) is 75.7 Å². The van der Waals surface area contributed by atoms with Crippen LogP contribution < -0.4 is 16.0 Å². The van der Waals surface area contributed by atoms with E-state index in [9.17, 15) is 13.2 Å². The number of alkyl halides is 4. The largest absolute Gasteiger partial charge is 0.391 e. The van der Waals surface area contributed by atoms with Crippen LogP contribution in [-0.4, -0.2) is 80.4 Å². The molecule has 3 heterocycles. The van der Waals surface area contributed by atoms with Gasteiger partial charge < -0.3 is 4.90 Å². The van der Waals surface area contributed by atoms with E-state index in [-0.39, 0.29) is 37.1 Å². The van der Waals surface area contributed by atoms with Crippen LogP contribution in [0, 0.1) is 17.8 Å². The van der Waals surface area contributed by atoms with Crippen molar-refractivity contribution >= 4 is 0 Å². The highest BCUT2D eigenvalue weighted by Crippen LogP contribution is 2.43. The summed E-state index contributed by atoms with van der Waals surface area (Å²) in [6, 6.07) is 0.192. The molecule has 1 saturated carbocycles. The van der Waals surface area contributed by atoms with Gasteiger partial charge >= 0.3 is 6.18 Å². The second-order valence-electron chi connectivity index (χ2n) is 9.88. The van der Waals surface area contributed by atoms with Crippen molar-refractivity contribution in [2.75, 3.05) is 39.9 Å². The van der Waals surface area contributed by atoms with Crippen LogP contribution in [0.1, 0.15) is 44.9 Å². The molecule has 3 N–H and O–H groups in total. The van der Waals surface area contributed by atoms with Gasteiger partial charge in [0.1, 0.15) is 0 Å². The predicted molar refractivity (Wildman–Crippen MR) is 108 cm³/mol. The van der Waals surface area contributed by atoms with E-state index < -0.39 is 18.3 Å². The van der Waals surface area contributed by atoms with Gasteiger partial charge in [0.25, 0.3) is 0 Å². The van der Waals surface area contributed by atoms with Gasteiger partial charge in [-0.1, -0.05) is 0 Å². The molecule has 4 rings (SSSR count). The monoisotopic (exact) mass is 435 g/mol. The molecule has 3 aliphatic heterocycles. The number of hydrogen-bond acceptors (Lipinski definition) is 5. The lowest BCUT2D eigenvalue weighted by Gasteiger charge is -2.45. The molecule has 0 bridgehead atoms. The Bertz CT molecular complexity index is 554. The Balaban J connectivity index is 1.32. The van der Waals surface area contributed by atoms with Crippen LogP contribution >= 0.6 is 0 Å². The van der Waals surface area contributed by atoms with E-state index in [1.807, 2.05) is 0 Å². The van der Waals surface area contributed by atoms with Gasteiger partial charge in [-0.05, 0) is 70.4 Å². The third kappa shape index (κ3) is 5.11. The molecule has 5 nitrogen and oxygen atoms in total. The zero-order chi connectivity index (χ0) is 21.3. The molecular weight excluding hydrogens is 398 g/mol. The third-order valence-electron chi connectivity index (χ3n) is 7.85. The number of nitrogens with zero attached hydrogens (tertiary/aromatic N) is 2. The molecule has 0 amide bonds. The molecule has 0 aromatic heterocycles. The molecule has 0 aromatic rings. The summed E-state index contributed by atoms with van der Waals surface area (Å²) in [5.41, 5.74) is 0. The summed E-state index contributed by atoms with van der Waals surface area (Å²) in [6.07, 6.45) is -1.18. The van der Waals surface area contributed by atoms with Crippen LogP contribution in [0.3, 0.4) is 0 Å². The van der Waals surface area contributed by atoms with Gasteiger partial charge in [-0.2, -0.15) is 13.2 Å². The lowest BCUT2D eigenvalue weighted by atomic mass is 9.77. The molecule has 3 saturated heterocycles. The maximum atomic E-state index is 15.5. The van der Waals surface area contributed by atoms with E-state index in [0.29, 0.717) is 25.4 Å². The van der Waals surface area contributed by atoms with Gasteiger partial charge in [-0.3, -0.25) is 20.9 Å². The molecule has 5 unspecified atom stereocenters. The van der Waals surface area contributed by atoms with Gasteiger partial charge in [0.2, 0.25) is 0 Å². The van der Waals surface area contributed by atoms with E-state index in [1.54, 1.807) is 0 Å². The van der Waals surface area contributed by atoms with Crippen molar-refractivity contribution in [2.24, 2.45) is 17.8 Å². The minimum Gasteiger partial charge on any atom is -0.306 e. The molecular formula is C21H37F4N5. The first-order valence-corrected chi connectivity index (χ1v) is 11.7. The second kappa shape index (κ2) is 9.57. The minimum atomic E-state index is -4.08. The van der Waals surface area contributed by atoms with Gasteiger partial charge in [0, 0.05) is 32.3 Å². The Hall–Kier alpha value is -0.480. The van der Waals surface area contributed by atoms with Crippen LogP contribution in [0.5, 0.6) is 0 Å². The first-order chi connectivity index (χ1) is 14.3. The van der Waals surface area contributed by atoms with Gasteiger partial charge in [0.15, 0.2) is 6.17 Å². The molecule has 9 heteroatoms. The molecule has 30 heavy (non-hydrogen) atoms. The van der Waals surface area contributed by atoms with E-state index in [0.717, 1.165) is 45.4 Å². The highest BCUT2D eigenvalue weighted by atomic mass is 19.4. The first kappa shape index (κ1) is 22.7. The number of likely N-dealkylation sites (tertiary alicyclic amines) is 2. The van der Waals surface area contributed by atoms with Crippen LogP contribution in [0.25, 0.3) is 0 Å². The van der Waals surface area contributed by atoms with Crippen LogP contribution in [0.15, 0.2) is 0 Å². The summed E-state index contributed by atoms with van der Waals surface area (Å²) in [7, 11) is 2.12. The SMILES string of the molecule is CN1CCC(CNC2NCNC(N3CCCC3C3CCC(C(F)(F)F)CC3)C2F)C1. The van der Waals surface area contributed by atoms with Crippen LogP contribution in [-0.2, 0) is 0 Å². The third-order valence-corrected chi connectivity index (χ3v) is 7.85. The topological polar surface area (TPSA) is 42.6 Å². The van der Waals surface area contributed by atoms with Crippen molar-refractivity contribution in [3.8, 4) is 0 Å². The smallest absolute Gasteiger partial charge is 0.306 e. The van der Waals surface area contributed by atoms with E-state index in [1.165, 1.54) is 0 Å². The van der Waals surface area contributed by atoms with Gasteiger partial charge in [-0.15, -0.1) is 0 Å². The molecule has 5 atom stereocenters. The van der Waals surface area contributed by atoms with Crippen molar-refractivity contribution in [3.63, 3.8) is 0 Å². The van der Waals surface area contributed by atoms with Crippen molar-refractivity contribution < 1.29 is 17.6 Å². The Morgan fingerprint density at radius 3 is 2.43 bits per heavy atom. The van der Waals surface area contributed by atoms with E-state index in [4.69, 9.17) is 0 Å². The van der Waals surface area contributed by atoms with Crippen molar-refractivity contribution in [3.05, 3.63) is 0 Å². The van der Waals surface area contributed by atoms with Crippen molar-refractivity contribution in [1.29, 1.82) is 0 Å². The fraction of sp³-hybridized carbons (Fsp3) is 1.00. The molecule has 174 valence electrons. The minimum absolute atomic E-state index is 0.192. The Morgan fingerprint density at radius 1 is 1.00 bits per heavy atom. The maximum Gasteiger partial charge on any atom is 0.391 e. The fourth-order valence-electron chi connectivity index (χ4n) is 6.15. The van der Waals surface area contributed by atoms with Gasteiger partial charge in [0.05, 0.1) is 18.2 Å². The quantitative estimate of drug-likeness (QED) is 0.579. The maximum absolute atomic E-state index is 15.5. The highest BCUT2D eigenvalue weighted by molar-refractivity contribution is 4.97. The summed E-state index contributed by atoms with van der Waals surface area (Å²) in [5.74, 6) is -0.353. The normalized spacial score (nSPS) is 42.1. The predicted octanol–water partition coefficient (Wildman–Crippen LogP) is 2.50. The molecule has 4 aliphatic rings. The number of rotatable bonds is 5. The lowest BCUT2D eigenvalue weighted by molar-refractivity contribution is -0.185. The Morgan fingerprint density at radius 2 is 1.77 bits per heavy atom. The summed E-state index contributed by atoms with van der Waals surface area (Å²) >= 11 is 0. The first-order valence-electron chi connectivity index (χ1n) is 11.7. The number of nitrogens with one attached hydrogen (secondary N) is 3. The fourth-order valence-corrected chi connectivity index (χ4v) is 6.15. The van der Waals surface area contributed by atoms with Crippen LogP contribution in [0.2, 0.25) is 0 Å². The summed E-state index contributed by atoms with van der Waals surface area (Å²) in [6.45, 7) is 4.31. The molecule has 0 spiro atoms. The average Bonchev–Trinajstić information content (AvgIpc) is 3.36. The zero-order valence-electron chi connectivity index (χ0n) is 17.9. The Labute approximate surface area is 177 Å². The highest BCUT2D eigenvalue weighted by Gasteiger charge is 2.46.